The topological polar surface area (TPSA) is 9.72 Å². The third-order valence-corrected chi connectivity index (χ3v) is 24.5. The predicted molar refractivity (Wildman–Crippen MR) is 375 cm³/mol. The maximum atomic E-state index is 2.76. The molecule has 3 heterocycles. The van der Waals surface area contributed by atoms with Crippen molar-refractivity contribution in [3.63, 3.8) is 0 Å². The van der Waals surface area contributed by atoms with Crippen molar-refractivity contribution >= 4 is 95.0 Å². The largest absolute Gasteiger partial charge is 0.311 e. The van der Waals surface area contributed by atoms with Gasteiger partial charge in [0.2, 0.25) is 0 Å². The first kappa shape index (κ1) is 57.7. The molecule has 0 fully saturated rings. The zero-order chi connectivity index (χ0) is 61.2. The van der Waals surface area contributed by atoms with Crippen LogP contribution in [0.4, 0.5) is 51.2 Å². The van der Waals surface area contributed by atoms with E-state index in [-0.39, 0.29) is 55.4 Å². The van der Waals surface area contributed by atoms with Gasteiger partial charge in [0.05, 0.1) is 5.69 Å². The van der Waals surface area contributed by atoms with Crippen LogP contribution in [0, 0.1) is 6.92 Å². The molecule has 444 valence electrons. The Balaban J connectivity index is 1.08. The lowest BCUT2D eigenvalue weighted by atomic mass is 9.36. The molecule has 0 saturated carbocycles. The van der Waals surface area contributed by atoms with E-state index in [9.17, 15) is 0 Å². The molecule has 3 nitrogen and oxygen atoms in total. The molecule has 1 aromatic heterocycles. The Morgan fingerprint density at radius 3 is 1.29 bits per heavy atom. The van der Waals surface area contributed by atoms with Crippen LogP contribution < -0.4 is 30.4 Å². The Morgan fingerprint density at radius 2 is 0.791 bits per heavy atom. The lowest BCUT2D eigenvalue weighted by Gasteiger charge is -2.46. The van der Waals surface area contributed by atoms with Gasteiger partial charge in [0, 0.05) is 60.4 Å². The first-order chi connectivity index (χ1) is 40.1. The maximum Gasteiger partial charge on any atom is 0.264 e. The van der Waals surface area contributed by atoms with Crippen LogP contribution in [0.25, 0.3) is 10.1 Å². The van der Waals surface area contributed by atoms with Gasteiger partial charge in [-0.05, 0) is 259 Å². The van der Waals surface area contributed by atoms with Crippen LogP contribution in [0.3, 0.4) is 0 Å². The van der Waals surface area contributed by atoms with Gasteiger partial charge >= 0.3 is 0 Å². The quantitative estimate of drug-likeness (QED) is 0.159. The molecule has 2 aliphatic heterocycles. The molecule has 0 N–H and O–H groups in total. The van der Waals surface area contributed by atoms with Crippen molar-refractivity contribution in [1.29, 1.82) is 0 Å². The molecule has 6 aliphatic rings. The summed E-state index contributed by atoms with van der Waals surface area (Å²) in [5.74, 6) is 0. The minimum atomic E-state index is -0.00473. The number of benzene rings is 7. The smallest absolute Gasteiger partial charge is 0.264 e. The summed E-state index contributed by atoms with van der Waals surface area (Å²) >= 11 is 2.07. The number of fused-ring (bicyclic) bond motifs is 10. The normalized spacial score (nSPS) is 20.9. The molecule has 86 heavy (non-hydrogen) atoms. The van der Waals surface area contributed by atoms with Crippen molar-refractivity contribution in [1.82, 2.24) is 0 Å². The molecule has 0 spiro atoms. The van der Waals surface area contributed by atoms with Gasteiger partial charge < -0.3 is 14.7 Å². The van der Waals surface area contributed by atoms with Crippen LogP contribution in [-0.4, -0.2) is 6.71 Å². The van der Waals surface area contributed by atoms with Crippen LogP contribution in [0.1, 0.15) is 239 Å². The third-order valence-electron chi connectivity index (χ3n) is 23.3. The fourth-order valence-corrected chi connectivity index (χ4v) is 18.4. The van der Waals surface area contributed by atoms with E-state index in [0.29, 0.717) is 0 Å². The zero-order valence-electron chi connectivity index (χ0n) is 56.0. The van der Waals surface area contributed by atoms with E-state index in [4.69, 9.17) is 0 Å². The van der Waals surface area contributed by atoms with Gasteiger partial charge in [0.1, 0.15) is 0 Å². The van der Waals surface area contributed by atoms with Gasteiger partial charge in [-0.2, -0.15) is 0 Å². The molecule has 0 radical (unpaired) electrons. The third kappa shape index (κ3) is 8.73. The molecule has 7 aromatic carbocycles. The molecule has 0 atom stereocenters. The summed E-state index contributed by atoms with van der Waals surface area (Å²) in [6.07, 6.45) is 9.43. The van der Waals surface area contributed by atoms with Crippen molar-refractivity contribution < 1.29 is 0 Å². The number of thiophene rings is 1. The van der Waals surface area contributed by atoms with Gasteiger partial charge in [-0.1, -0.05) is 168 Å². The first-order valence-electron chi connectivity index (χ1n) is 32.9. The summed E-state index contributed by atoms with van der Waals surface area (Å²) in [7, 11) is 0. The van der Waals surface area contributed by atoms with Crippen LogP contribution in [0.5, 0.6) is 0 Å². The van der Waals surface area contributed by atoms with E-state index in [1.807, 2.05) is 0 Å². The monoisotopic (exact) mass is 1150 g/mol. The van der Waals surface area contributed by atoms with Crippen molar-refractivity contribution in [3.05, 3.63) is 177 Å². The van der Waals surface area contributed by atoms with E-state index in [1.54, 1.807) is 0 Å². The van der Waals surface area contributed by atoms with Crippen molar-refractivity contribution in [2.75, 3.05) is 14.7 Å². The van der Waals surface area contributed by atoms with Crippen LogP contribution >= 0.6 is 11.3 Å². The molecule has 0 unspecified atom stereocenters. The van der Waals surface area contributed by atoms with E-state index < -0.39 is 0 Å². The molecule has 14 rings (SSSR count). The Labute approximate surface area is 522 Å². The number of hydrogen-bond acceptors (Lipinski definition) is 4. The van der Waals surface area contributed by atoms with Gasteiger partial charge in [0.15, 0.2) is 0 Å². The fraction of sp³-hybridized carbons (Fsp3) is 0.457. The number of anilines is 9. The highest BCUT2D eigenvalue weighted by Crippen LogP contribution is 2.57. The van der Waals surface area contributed by atoms with Crippen LogP contribution in [-0.2, 0) is 48.7 Å². The van der Waals surface area contributed by atoms with Gasteiger partial charge in [-0.25, -0.2) is 0 Å². The highest BCUT2D eigenvalue weighted by Gasteiger charge is 2.49. The number of nitrogens with zero attached hydrogens (tertiary/aromatic N) is 3. The number of aryl methyl sites for hydroxylation is 1. The second kappa shape index (κ2) is 18.5. The average Bonchev–Trinajstić information content (AvgIpc) is 1.29. The molecular formula is C81H96BN3S. The number of hydrogen-bond donors (Lipinski definition) is 0. The summed E-state index contributed by atoms with van der Waals surface area (Å²) in [4.78, 5) is 8.07. The van der Waals surface area contributed by atoms with Crippen molar-refractivity contribution in [2.24, 2.45) is 0 Å². The summed E-state index contributed by atoms with van der Waals surface area (Å²) in [5, 5.41) is 1.39. The summed E-state index contributed by atoms with van der Waals surface area (Å²) in [5.41, 5.74) is 29.3. The number of rotatable bonds is 5. The fourth-order valence-electron chi connectivity index (χ4n) is 17.1. The van der Waals surface area contributed by atoms with Crippen molar-refractivity contribution in [3.8, 4) is 0 Å². The Kier molecular flexibility index (Phi) is 12.4. The summed E-state index contributed by atoms with van der Waals surface area (Å²) in [6.45, 7) is 49.0. The Bertz CT molecular complexity index is 4150. The average molecular weight is 1150 g/mol. The van der Waals surface area contributed by atoms with E-state index >= 15 is 0 Å². The van der Waals surface area contributed by atoms with Gasteiger partial charge in [-0.3, -0.25) is 0 Å². The molecule has 4 aliphatic carbocycles. The maximum absolute atomic E-state index is 2.76. The van der Waals surface area contributed by atoms with E-state index in [0.717, 1.165) is 6.42 Å². The van der Waals surface area contributed by atoms with Gasteiger partial charge in [-0.15, -0.1) is 11.3 Å². The lowest BCUT2D eigenvalue weighted by molar-refractivity contribution is 0.332. The molecule has 0 bridgehead atoms. The summed E-state index contributed by atoms with van der Waals surface area (Å²) < 4.78 is 2.85. The first-order valence-corrected chi connectivity index (χ1v) is 33.8. The lowest BCUT2D eigenvalue weighted by Crippen LogP contribution is -2.60. The molecular weight excluding hydrogens is 1060 g/mol. The SMILES string of the molecule is Cc1cc2c3c(c1)N(c1ccc4c(c1)C(C)(C)CCC4(C)C)c1c(sc4cc5c(cc14)C(C)(C)CCC5(C)C)B3c1ccc(N(c3ccc(C(C)(C)C)cc3)c3ccc4c(c3)C(C)(C)CCC4(C)C)cc1N2c1ccc2c(c1)C(C)(C)CCC2(C)C. The Morgan fingerprint density at radius 1 is 0.395 bits per heavy atom. The van der Waals surface area contributed by atoms with E-state index in [1.165, 1.54) is 178 Å². The minimum absolute atomic E-state index is 0.00473. The summed E-state index contributed by atoms with van der Waals surface area (Å²) in [6, 6.07) is 50.3. The van der Waals surface area contributed by atoms with Crippen molar-refractivity contribution in [2.45, 2.75) is 239 Å². The molecule has 0 saturated heterocycles. The minimum Gasteiger partial charge on any atom is -0.311 e. The molecule has 0 amide bonds. The highest BCUT2D eigenvalue weighted by molar-refractivity contribution is 7.33. The van der Waals surface area contributed by atoms with Crippen LogP contribution in [0.15, 0.2) is 121 Å². The highest BCUT2D eigenvalue weighted by atomic mass is 32.1. The van der Waals surface area contributed by atoms with Crippen LogP contribution in [0.2, 0.25) is 0 Å². The second-order valence-electron chi connectivity index (χ2n) is 34.2. The Hall–Kier alpha value is -6.04. The van der Waals surface area contributed by atoms with E-state index in [2.05, 4.69) is 286 Å². The second-order valence-corrected chi connectivity index (χ2v) is 35.2. The molecule has 8 aromatic rings. The standard InChI is InChI=1S/C81H96BN3S/c1-49-41-67-70-68(42-49)85(54-27-31-59-62(45-54)79(15,16)38-35-76(59,9)10)71-56-47-63-64(81(19,20)40-39-80(63,17)18)48-69(56)86-72(71)82(70)65-32-28-55(46-66(65)84(67)53-26-30-58-61(44-53)78(13,14)37-34-75(58,7)8)83(51-23-21-50(22-24-51)73(2,3)4)52-25-29-57-60(43-52)77(11,12)36-33-74(57,5)6/h21-32,41-48H,33-40H2,1-20H3. The zero-order valence-corrected chi connectivity index (χ0v) is 56.8. The molecule has 5 heteroatoms. The van der Waals surface area contributed by atoms with Gasteiger partial charge in [0.25, 0.3) is 6.71 Å². The predicted octanol–water partition coefficient (Wildman–Crippen LogP) is 21.5.